The molecule has 1 amide bonds. The van der Waals surface area contributed by atoms with Crippen LogP contribution >= 0.6 is 23.3 Å². The molecule has 0 aliphatic heterocycles. The van der Waals surface area contributed by atoms with Gasteiger partial charge in [-0.3, -0.25) is 10.1 Å². The zero-order valence-electron chi connectivity index (χ0n) is 16.7. The van der Waals surface area contributed by atoms with Crippen LogP contribution in [-0.2, 0) is 5.75 Å². The standard InChI is InChI=1S/C21H18N4O4S2/c1-27-16-9-8-14(10-18(16)28-2)17-11-15(24-29-17)19(26)22-20-23-21(25-31-20)30-12-13-6-4-3-5-7-13/h3-11H,12H2,1-2H3,(H,22,23,25,26). The summed E-state index contributed by atoms with van der Waals surface area (Å²) in [6.07, 6.45) is 0. The van der Waals surface area contributed by atoms with E-state index in [-0.39, 0.29) is 5.69 Å². The topological polar surface area (TPSA) is 99.4 Å². The van der Waals surface area contributed by atoms with Gasteiger partial charge in [-0.15, -0.1) is 0 Å². The molecule has 2 aromatic carbocycles. The molecule has 0 aliphatic carbocycles. The molecule has 158 valence electrons. The molecule has 0 radical (unpaired) electrons. The molecule has 0 spiro atoms. The van der Waals surface area contributed by atoms with Crippen molar-refractivity contribution in [3.8, 4) is 22.8 Å². The highest BCUT2D eigenvalue weighted by Gasteiger charge is 2.17. The summed E-state index contributed by atoms with van der Waals surface area (Å²) in [6, 6.07) is 16.9. The first kappa shape index (κ1) is 20.9. The van der Waals surface area contributed by atoms with Crippen molar-refractivity contribution in [1.82, 2.24) is 14.5 Å². The number of rotatable bonds is 8. The third-order valence-electron chi connectivity index (χ3n) is 4.25. The summed E-state index contributed by atoms with van der Waals surface area (Å²) >= 11 is 2.62. The number of hydrogen-bond acceptors (Lipinski definition) is 9. The van der Waals surface area contributed by atoms with E-state index in [4.69, 9.17) is 14.0 Å². The Morgan fingerprint density at radius 3 is 2.68 bits per heavy atom. The Hall–Kier alpha value is -3.37. The first-order valence-corrected chi connectivity index (χ1v) is 10.9. The lowest BCUT2D eigenvalue weighted by atomic mass is 10.1. The van der Waals surface area contributed by atoms with Gasteiger partial charge in [0.15, 0.2) is 23.0 Å². The molecular weight excluding hydrogens is 436 g/mol. The fourth-order valence-electron chi connectivity index (χ4n) is 2.71. The van der Waals surface area contributed by atoms with Crippen LogP contribution in [0.1, 0.15) is 16.1 Å². The average Bonchev–Trinajstić information content (AvgIpc) is 3.48. The van der Waals surface area contributed by atoms with Crippen LogP contribution in [0.5, 0.6) is 11.5 Å². The van der Waals surface area contributed by atoms with E-state index < -0.39 is 5.91 Å². The monoisotopic (exact) mass is 454 g/mol. The van der Waals surface area contributed by atoms with Crippen LogP contribution in [0, 0.1) is 0 Å². The maximum atomic E-state index is 12.5. The van der Waals surface area contributed by atoms with Crippen molar-refractivity contribution in [2.45, 2.75) is 10.9 Å². The molecule has 8 nitrogen and oxygen atoms in total. The molecule has 4 aromatic rings. The third kappa shape index (κ3) is 5.04. The molecule has 10 heteroatoms. The largest absolute Gasteiger partial charge is 0.493 e. The van der Waals surface area contributed by atoms with Gasteiger partial charge < -0.3 is 14.0 Å². The van der Waals surface area contributed by atoms with Gasteiger partial charge in [0.25, 0.3) is 5.91 Å². The first-order chi connectivity index (χ1) is 15.2. The minimum Gasteiger partial charge on any atom is -0.493 e. The van der Waals surface area contributed by atoms with Gasteiger partial charge in [-0.05, 0) is 23.8 Å². The lowest BCUT2D eigenvalue weighted by Crippen LogP contribution is -2.11. The molecule has 31 heavy (non-hydrogen) atoms. The number of amides is 1. The summed E-state index contributed by atoms with van der Waals surface area (Å²) < 4.78 is 20.1. The van der Waals surface area contributed by atoms with Crippen LogP contribution in [0.4, 0.5) is 5.13 Å². The number of carbonyl (C=O) groups is 1. The number of aromatic nitrogens is 3. The highest BCUT2D eigenvalue weighted by Crippen LogP contribution is 2.32. The van der Waals surface area contributed by atoms with E-state index in [2.05, 4.69) is 19.8 Å². The van der Waals surface area contributed by atoms with Gasteiger partial charge in [-0.2, -0.15) is 9.36 Å². The number of nitrogens with zero attached hydrogens (tertiary/aromatic N) is 3. The van der Waals surface area contributed by atoms with Gasteiger partial charge in [0, 0.05) is 28.9 Å². The molecule has 0 saturated heterocycles. The smallest absolute Gasteiger partial charge is 0.279 e. The van der Waals surface area contributed by atoms with Gasteiger partial charge in [0.2, 0.25) is 10.3 Å². The fourth-order valence-corrected chi connectivity index (χ4v) is 4.21. The van der Waals surface area contributed by atoms with Gasteiger partial charge in [-0.1, -0.05) is 47.3 Å². The quantitative estimate of drug-likeness (QED) is 0.381. The maximum Gasteiger partial charge on any atom is 0.279 e. The van der Waals surface area contributed by atoms with E-state index in [0.717, 1.165) is 17.3 Å². The summed E-state index contributed by atoms with van der Waals surface area (Å²) in [4.78, 5) is 16.9. The van der Waals surface area contributed by atoms with Crippen LogP contribution in [0.25, 0.3) is 11.3 Å². The van der Waals surface area contributed by atoms with Gasteiger partial charge >= 0.3 is 0 Å². The first-order valence-electron chi connectivity index (χ1n) is 9.17. The Morgan fingerprint density at radius 1 is 1.10 bits per heavy atom. The van der Waals surface area contributed by atoms with Crippen molar-refractivity contribution in [3.63, 3.8) is 0 Å². The Bertz CT molecular complexity index is 1180. The molecule has 0 bridgehead atoms. The van der Waals surface area contributed by atoms with Crippen LogP contribution in [0.15, 0.2) is 64.3 Å². The molecule has 2 heterocycles. The Balaban J connectivity index is 1.40. The second-order valence-corrected chi connectivity index (χ2v) is 7.95. The second-order valence-electron chi connectivity index (χ2n) is 6.26. The molecule has 1 N–H and O–H groups in total. The third-order valence-corrected chi connectivity index (χ3v) is 5.91. The highest BCUT2D eigenvalue weighted by atomic mass is 32.2. The predicted octanol–water partition coefficient (Wildman–Crippen LogP) is 4.75. The number of benzene rings is 2. The lowest BCUT2D eigenvalue weighted by Gasteiger charge is -2.07. The molecule has 4 rings (SSSR count). The normalized spacial score (nSPS) is 10.6. The fraction of sp³-hybridized carbons (Fsp3) is 0.143. The minimum absolute atomic E-state index is 0.137. The molecule has 0 atom stereocenters. The molecule has 0 saturated carbocycles. The van der Waals surface area contributed by atoms with E-state index in [0.29, 0.717) is 33.1 Å². The molecule has 0 unspecified atom stereocenters. The zero-order chi connectivity index (χ0) is 21.6. The summed E-state index contributed by atoms with van der Waals surface area (Å²) in [6.45, 7) is 0. The number of methoxy groups -OCH3 is 2. The van der Waals surface area contributed by atoms with Crippen LogP contribution in [0.2, 0.25) is 0 Å². The van der Waals surface area contributed by atoms with Gasteiger partial charge in [0.1, 0.15) is 0 Å². The van der Waals surface area contributed by atoms with E-state index in [1.807, 2.05) is 30.3 Å². The average molecular weight is 455 g/mol. The van der Waals surface area contributed by atoms with Crippen molar-refractivity contribution in [1.29, 1.82) is 0 Å². The number of nitrogens with one attached hydrogen (secondary N) is 1. The summed E-state index contributed by atoms with van der Waals surface area (Å²) in [5.74, 6) is 1.91. The van der Waals surface area contributed by atoms with Crippen LogP contribution in [-0.4, -0.2) is 34.6 Å². The molecule has 2 aromatic heterocycles. The van der Waals surface area contributed by atoms with Gasteiger partial charge in [0.05, 0.1) is 14.2 Å². The minimum atomic E-state index is -0.425. The predicted molar refractivity (Wildman–Crippen MR) is 119 cm³/mol. The van der Waals surface area contributed by atoms with Crippen LogP contribution in [0.3, 0.4) is 0 Å². The second kappa shape index (κ2) is 9.63. The van der Waals surface area contributed by atoms with E-state index >= 15 is 0 Å². The zero-order valence-corrected chi connectivity index (χ0v) is 18.3. The van der Waals surface area contributed by atoms with Crippen molar-refractivity contribution < 1.29 is 18.8 Å². The Morgan fingerprint density at radius 2 is 1.90 bits per heavy atom. The molecule has 0 fully saturated rings. The summed E-state index contributed by atoms with van der Waals surface area (Å²) in [7, 11) is 3.11. The van der Waals surface area contributed by atoms with Gasteiger partial charge in [-0.25, -0.2) is 0 Å². The molecule has 0 aliphatic rings. The summed E-state index contributed by atoms with van der Waals surface area (Å²) in [5, 5.41) is 7.58. The number of carbonyl (C=O) groups excluding carboxylic acids is 1. The van der Waals surface area contributed by atoms with Crippen molar-refractivity contribution in [2.24, 2.45) is 0 Å². The van der Waals surface area contributed by atoms with Crippen molar-refractivity contribution in [3.05, 3.63) is 65.9 Å². The number of thioether (sulfide) groups is 1. The Labute approximate surface area is 186 Å². The number of ether oxygens (including phenoxy) is 2. The van der Waals surface area contributed by atoms with Crippen molar-refractivity contribution >= 4 is 34.3 Å². The van der Waals surface area contributed by atoms with Crippen molar-refractivity contribution in [2.75, 3.05) is 19.5 Å². The molecular formula is C21H18N4O4S2. The number of anilines is 1. The van der Waals surface area contributed by atoms with E-state index in [1.54, 1.807) is 38.5 Å². The summed E-state index contributed by atoms with van der Waals surface area (Å²) in [5.41, 5.74) is 2.02. The number of hydrogen-bond donors (Lipinski definition) is 1. The van der Waals surface area contributed by atoms with E-state index in [9.17, 15) is 4.79 Å². The maximum absolute atomic E-state index is 12.5. The Kier molecular flexibility index (Phi) is 6.48. The highest BCUT2D eigenvalue weighted by molar-refractivity contribution is 7.98. The SMILES string of the molecule is COc1ccc(-c2cc(C(=O)Nc3nc(SCc4ccccc4)ns3)no2)cc1OC. The van der Waals surface area contributed by atoms with Crippen LogP contribution < -0.4 is 14.8 Å². The van der Waals surface area contributed by atoms with E-state index in [1.165, 1.54) is 17.3 Å². The lowest BCUT2D eigenvalue weighted by molar-refractivity contribution is 0.101.